The molecule has 1 saturated carbocycles. The molecule has 0 N–H and O–H groups in total. The van der Waals surface area contributed by atoms with Crippen LogP contribution in [0.15, 0.2) is 5.38 Å². The Bertz CT molecular complexity index is 458. The maximum absolute atomic E-state index is 12.5. The van der Waals surface area contributed by atoms with Crippen LogP contribution in [-0.2, 0) is 16.6 Å². The zero-order valence-electron chi connectivity index (χ0n) is 13.2. The molecule has 2 nitrogen and oxygen atoms in total. The van der Waals surface area contributed by atoms with E-state index in [2.05, 4.69) is 38.1 Å². The number of nitrogens with zero attached hydrogens (tertiary/aromatic N) is 1. The first-order chi connectivity index (χ1) is 9.40. The standard InChI is InChI=1S/C17H27NOS/c1-5-12-7-6-8-13(9-12)14(19)10-16-18-15(11-20-16)17(2,3)4/h11-13H,5-10H2,1-4H3. The fourth-order valence-corrected chi connectivity index (χ4v) is 4.01. The van der Waals surface area contributed by atoms with Crippen LogP contribution in [0.4, 0.5) is 0 Å². The second-order valence-electron chi connectivity index (χ2n) is 7.16. The zero-order chi connectivity index (χ0) is 14.8. The molecule has 2 atom stereocenters. The molecule has 1 aliphatic carbocycles. The first kappa shape index (κ1) is 15.7. The smallest absolute Gasteiger partial charge is 0.142 e. The summed E-state index contributed by atoms with van der Waals surface area (Å²) < 4.78 is 0. The topological polar surface area (TPSA) is 30.0 Å². The SMILES string of the molecule is CCC1CCCC(C(=O)Cc2nc(C(C)(C)C)cs2)C1. The summed E-state index contributed by atoms with van der Waals surface area (Å²) >= 11 is 1.64. The quantitative estimate of drug-likeness (QED) is 0.800. The Labute approximate surface area is 127 Å². The van der Waals surface area contributed by atoms with Crippen LogP contribution < -0.4 is 0 Å². The molecule has 1 aliphatic rings. The largest absolute Gasteiger partial charge is 0.299 e. The van der Waals surface area contributed by atoms with E-state index < -0.39 is 0 Å². The lowest BCUT2D eigenvalue weighted by atomic mass is 9.78. The van der Waals surface area contributed by atoms with Gasteiger partial charge in [-0.3, -0.25) is 4.79 Å². The van der Waals surface area contributed by atoms with E-state index in [1.807, 2.05) is 0 Å². The number of carbonyl (C=O) groups excluding carboxylic acids is 1. The Hall–Kier alpha value is -0.700. The van der Waals surface area contributed by atoms with Gasteiger partial charge in [0.25, 0.3) is 0 Å². The van der Waals surface area contributed by atoms with E-state index in [4.69, 9.17) is 0 Å². The van der Waals surface area contributed by atoms with Gasteiger partial charge in [-0.15, -0.1) is 11.3 Å². The van der Waals surface area contributed by atoms with E-state index in [0.29, 0.717) is 12.2 Å². The number of carbonyl (C=O) groups is 1. The number of ketones is 1. The van der Waals surface area contributed by atoms with Crippen molar-refractivity contribution in [3.63, 3.8) is 0 Å². The second-order valence-corrected chi connectivity index (χ2v) is 8.10. The van der Waals surface area contributed by atoms with Gasteiger partial charge in [-0.25, -0.2) is 4.98 Å². The van der Waals surface area contributed by atoms with Crippen LogP contribution >= 0.6 is 11.3 Å². The molecule has 0 bridgehead atoms. The van der Waals surface area contributed by atoms with Gasteiger partial charge < -0.3 is 0 Å². The lowest BCUT2D eigenvalue weighted by Crippen LogP contribution is -2.24. The van der Waals surface area contributed by atoms with E-state index in [9.17, 15) is 4.79 Å². The Morgan fingerprint density at radius 1 is 1.40 bits per heavy atom. The average Bonchev–Trinajstić information content (AvgIpc) is 2.87. The lowest BCUT2D eigenvalue weighted by Gasteiger charge is -2.27. The van der Waals surface area contributed by atoms with Crippen molar-refractivity contribution in [1.29, 1.82) is 0 Å². The fraction of sp³-hybridized carbons (Fsp3) is 0.765. The van der Waals surface area contributed by atoms with Gasteiger partial charge in [0.1, 0.15) is 10.8 Å². The molecule has 20 heavy (non-hydrogen) atoms. The minimum Gasteiger partial charge on any atom is -0.299 e. The molecule has 0 saturated heterocycles. The van der Waals surface area contributed by atoms with Gasteiger partial charge in [0.15, 0.2) is 0 Å². The predicted octanol–water partition coefficient (Wildman–Crippen LogP) is 4.77. The van der Waals surface area contributed by atoms with Crippen molar-refractivity contribution >= 4 is 17.1 Å². The molecular formula is C17H27NOS. The summed E-state index contributed by atoms with van der Waals surface area (Å²) in [5.74, 6) is 1.47. The van der Waals surface area contributed by atoms with Crippen molar-refractivity contribution in [2.24, 2.45) is 11.8 Å². The van der Waals surface area contributed by atoms with Gasteiger partial charge in [0, 0.05) is 16.7 Å². The highest BCUT2D eigenvalue weighted by Crippen LogP contribution is 2.32. The van der Waals surface area contributed by atoms with E-state index in [0.717, 1.165) is 29.5 Å². The Morgan fingerprint density at radius 2 is 2.15 bits per heavy atom. The summed E-state index contributed by atoms with van der Waals surface area (Å²) in [5.41, 5.74) is 1.19. The summed E-state index contributed by atoms with van der Waals surface area (Å²) in [6.45, 7) is 8.75. The highest BCUT2D eigenvalue weighted by atomic mass is 32.1. The van der Waals surface area contributed by atoms with Crippen LogP contribution in [-0.4, -0.2) is 10.8 Å². The van der Waals surface area contributed by atoms with Gasteiger partial charge >= 0.3 is 0 Å². The van der Waals surface area contributed by atoms with Gasteiger partial charge in [0.2, 0.25) is 0 Å². The lowest BCUT2D eigenvalue weighted by molar-refractivity contribution is -0.123. The summed E-state index contributed by atoms with van der Waals surface area (Å²) in [6, 6.07) is 0. The van der Waals surface area contributed by atoms with Crippen molar-refractivity contribution in [2.45, 2.75) is 71.6 Å². The maximum Gasteiger partial charge on any atom is 0.142 e. The van der Waals surface area contributed by atoms with Crippen LogP contribution in [0.5, 0.6) is 0 Å². The summed E-state index contributed by atoms with van der Waals surface area (Å²) in [6.07, 6.45) is 6.49. The molecule has 0 spiro atoms. The molecule has 0 amide bonds. The third kappa shape index (κ3) is 3.91. The van der Waals surface area contributed by atoms with Crippen LogP contribution in [0.2, 0.25) is 0 Å². The molecule has 112 valence electrons. The van der Waals surface area contributed by atoms with Crippen molar-refractivity contribution in [1.82, 2.24) is 4.98 Å². The third-order valence-corrected chi connectivity index (χ3v) is 5.31. The third-order valence-electron chi connectivity index (χ3n) is 4.46. The minimum atomic E-state index is 0.0793. The molecule has 2 unspecified atom stereocenters. The van der Waals surface area contributed by atoms with Crippen LogP contribution in [0.3, 0.4) is 0 Å². The first-order valence-corrected chi connectivity index (χ1v) is 8.75. The normalized spacial score (nSPS) is 23.8. The number of hydrogen-bond acceptors (Lipinski definition) is 3. The Kier molecular flexibility index (Phi) is 5.00. The average molecular weight is 293 g/mol. The van der Waals surface area contributed by atoms with E-state index >= 15 is 0 Å². The molecule has 0 radical (unpaired) electrons. The predicted molar refractivity (Wildman–Crippen MR) is 85.3 cm³/mol. The van der Waals surface area contributed by atoms with Crippen LogP contribution in [0, 0.1) is 11.8 Å². The second kappa shape index (κ2) is 6.38. The van der Waals surface area contributed by atoms with E-state index in [1.165, 1.54) is 19.3 Å². The summed E-state index contributed by atoms with van der Waals surface area (Å²) in [7, 11) is 0. The number of aromatic nitrogens is 1. The van der Waals surface area contributed by atoms with E-state index in [-0.39, 0.29) is 11.3 Å². The molecule has 0 aliphatic heterocycles. The van der Waals surface area contributed by atoms with E-state index in [1.54, 1.807) is 11.3 Å². The Balaban J connectivity index is 1.96. The molecule has 3 heteroatoms. The monoisotopic (exact) mass is 293 g/mol. The molecule has 2 rings (SSSR count). The van der Waals surface area contributed by atoms with Crippen molar-refractivity contribution in [3.05, 3.63) is 16.1 Å². The van der Waals surface area contributed by atoms with Crippen molar-refractivity contribution in [3.8, 4) is 0 Å². The molecule has 1 fully saturated rings. The first-order valence-electron chi connectivity index (χ1n) is 7.87. The fourth-order valence-electron chi connectivity index (χ4n) is 2.98. The maximum atomic E-state index is 12.5. The van der Waals surface area contributed by atoms with Gasteiger partial charge in [-0.05, 0) is 18.8 Å². The number of hydrogen-bond donors (Lipinski definition) is 0. The molecule has 1 heterocycles. The summed E-state index contributed by atoms with van der Waals surface area (Å²) in [5, 5.41) is 3.11. The molecule has 1 aromatic heterocycles. The summed E-state index contributed by atoms with van der Waals surface area (Å²) in [4.78, 5) is 17.1. The van der Waals surface area contributed by atoms with Gasteiger partial charge in [-0.2, -0.15) is 0 Å². The van der Waals surface area contributed by atoms with Crippen LogP contribution in [0.25, 0.3) is 0 Å². The van der Waals surface area contributed by atoms with Crippen molar-refractivity contribution in [2.75, 3.05) is 0 Å². The zero-order valence-corrected chi connectivity index (χ0v) is 14.1. The molecular weight excluding hydrogens is 266 g/mol. The number of Topliss-reactive ketones (excluding diaryl/α,β-unsaturated/α-hetero) is 1. The van der Waals surface area contributed by atoms with Crippen molar-refractivity contribution < 1.29 is 4.79 Å². The number of rotatable bonds is 4. The van der Waals surface area contributed by atoms with Gasteiger partial charge in [0.05, 0.1) is 12.1 Å². The molecule has 1 aromatic rings. The highest BCUT2D eigenvalue weighted by Gasteiger charge is 2.27. The highest BCUT2D eigenvalue weighted by molar-refractivity contribution is 7.09. The van der Waals surface area contributed by atoms with Gasteiger partial charge in [-0.1, -0.05) is 47.0 Å². The Morgan fingerprint density at radius 3 is 2.75 bits per heavy atom. The molecule has 0 aromatic carbocycles. The minimum absolute atomic E-state index is 0.0793. The van der Waals surface area contributed by atoms with Crippen LogP contribution in [0.1, 0.15) is 70.5 Å². The number of thiazole rings is 1.